The molecule has 1 rings (SSSR count). The predicted molar refractivity (Wildman–Crippen MR) is 63.1 cm³/mol. The molecule has 1 atom stereocenters. The summed E-state index contributed by atoms with van der Waals surface area (Å²) < 4.78 is 23.7. The summed E-state index contributed by atoms with van der Waals surface area (Å²) in [6.45, 7) is 2.07. The largest absolute Gasteiger partial charge is 0.492 e. The van der Waals surface area contributed by atoms with E-state index in [9.17, 15) is 9.50 Å². The van der Waals surface area contributed by atoms with Gasteiger partial charge in [0.25, 0.3) is 0 Å². The van der Waals surface area contributed by atoms with Crippen molar-refractivity contribution in [1.29, 1.82) is 0 Å². The van der Waals surface area contributed by atoms with Crippen molar-refractivity contribution in [2.24, 2.45) is 0 Å². The van der Waals surface area contributed by atoms with Gasteiger partial charge in [0.2, 0.25) is 0 Å². The minimum atomic E-state index is -0.774. The second kappa shape index (κ2) is 5.84. The minimum Gasteiger partial charge on any atom is -0.492 e. The van der Waals surface area contributed by atoms with Crippen LogP contribution in [-0.2, 0) is 0 Å². The van der Waals surface area contributed by atoms with Gasteiger partial charge in [0.15, 0.2) is 17.3 Å². The van der Waals surface area contributed by atoms with E-state index in [1.54, 1.807) is 14.0 Å². The predicted octanol–water partition coefficient (Wildman–Crippen LogP) is 1.40. The molecule has 0 saturated heterocycles. The number of rotatable bonds is 5. The molecule has 1 aromatic carbocycles. The van der Waals surface area contributed by atoms with Gasteiger partial charge in [-0.15, -0.1) is 0 Å². The Labute approximate surface area is 100 Å². The van der Waals surface area contributed by atoms with Gasteiger partial charge in [-0.1, -0.05) is 0 Å². The molecule has 17 heavy (non-hydrogen) atoms. The summed E-state index contributed by atoms with van der Waals surface area (Å²) in [6.07, 6.45) is -0.774. The van der Waals surface area contributed by atoms with Crippen LogP contribution in [0.3, 0.4) is 0 Å². The normalized spacial score (nSPS) is 12.4. The molecule has 5 heteroatoms. The zero-order chi connectivity index (χ0) is 13.0. The molecule has 2 N–H and O–H groups in total. The fraction of sp³-hybridized carbons (Fsp3) is 0.500. The number of hydrogen-bond donors (Lipinski definition) is 2. The Morgan fingerprint density at radius 1 is 1.35 bits per heavy atom. The van der Waals surface area contributed by atoms with Gasteiger partial charge in [-0.25, -0.2) is 4.39 Å². The number of ether oxygens (including phenoxy) is 2. The Balaban J connectivity index is 3.36. The lowest BCUT2D eigenvalue weighted by Crippen LogP contribution is -2.18. The van der Waals surface area contributed by atoms with Crippen LogP contribution in [0.5, 0.6) is 11.5 Å². The van der Waals surface area contributed by atoms with Crippen molar-refractivity contribution >= 4 is 0 Å². The first-order valence-electron chi connectivity index (χ1n) is 5.30. The van der Waals surface area contributed by atoms with E-state index in [1.807, 2.05) is 0 Å². The Morgan fingerprint density at radius 3 is 2.41 bits per heavy atom. The standard InChI is InChI=1S/C12H18FNO3/c1-7-5-8(13)11(16-3)12(17-4)10(7)9(15)6-14-2/h5,9,14-15H,6H2,1-4H3. The Hall–Kier alpha value is -1.33. The van der Waals surface area contributed by atoms with E-state index in [2.05, 4.69) is 5.32 Å². The van der Waals surface area contributed by atoms with Crippen LogP contribution in [0, 0.1) is 12.7 Å². The van der Waals surface area contributed by atoms with Crippen molar-refractivity contribution in [2.75, 3.05) is 27.8 Å². The molecule has 96 valence electrons. The fourth-order valence-electron chi connectivity index (χ4n) is 1.85. The quantitative estimate of drug-likeness (QED) is 0.821. The van der Waals surface area contributed by atoms with Gasteiger partial charge in [-0.3, -0.25) is 0 Å². The van der Waals surface area contributed by atoms with E-state index in [4.69, 9.17) is 9.47 Å². The number of likely N-dealkylation sites (N-methyl/N-ethyl adjacent to an activating group) is 1. The first kappa shape index (κ1) is 13.7. The second-order valence-electron chi connectivity index (χ2n) is 3.73. The van der Waals surface area contributed by atoms with E-state index in [1.165, 1.54) is 20.3 Å². The first-order chi connectivity index (χ1) is 8.06. The van der Waals surface area contributed by atoms with Gasteiger partial charge in [0.1, 0.15) is 0 Å². The third-order valence-corrected chi connectivity index (χ3v) is 2.57. The molecule has 0 saturated carbocycles. The second-order valence-corrected chi connectivity index (χ2v) is 3.73. The van der Waals surface area contributed by atoms with Crippen molar-refractivity contribution in [1.82, 2.24) is 5.32 Å². The van der Waals surface area contributed by atoms with Crippen LogP contribution in [0.1, 0.15) is 17.2 Å². The van der Waals surface area contributed by atoms with Gasteiger partial charge in [-0.2, -0.15) is 0 Å². The minimum absolute atomic E-state index is 0.0169. The lowest BCUT2D eigenvalue weighted by molar-refractivity contribution is 0.171. The molecule has 0 aliphatic heterocycles. The average molecular weight is 243 g/mol. The summed E-state index contributed by atoms with van der Waals surface area (Å²) in [5.41, 5.74) is 1.17. The number of aliphatic hydroxyl groups is 1. The molecule has 0 amide bonds. The highest BCUT2D eigenvalue weighted by atomic mass is 19.1. The van der Waals surface area contributed by atoms with Gasteiger partial charge in [0, 0.05) is 12.1 Å². The van der Waals surface area contributed by atoms with E-state index >= 15 is 0 Å². The van der Waals surface area contributed by atoms with E-state index < -0.39 is 11.9 Å². The van der Waals surface area contributed by atoms with Crippen LogP contribution in [0.15, 0.2) is 6.07 Å². The van der Waals surface area contributed by atoms with Gasteiger partial charge >= 0.3 is 0 Å². The van der Waals surface area contributed by atoms with E-state index in [0.29, 0.717) is 17.7 Å². The molecule has 4 nitrogen and oxygen atoms in total. The summed E-state index contributed by atoms with van der Waals surface area (Å²) in [4.78, 5) is 0. The third kappa shape index (κ3) is 2.68. The lowest BCUT2D eigenvalue weighted by atomic mass is 10.0. The average Bonchev–Trinajstić information content (AvgIpc) is 2.28. The summed E-state index contributed by atoms with van der Waals surface area (Å²) in [5, 5.41) is 12.9. The van der Waals surface area contributed by atoms with Crippen LogP contribution >= 0.6 is 0 Å². The molecule has 0 radical (unpaired) electrons. The molecule has 0 aliphatic rings. The number of benzene rings is 1. The maximum absolute atomic E-state index is 13.6. The summed E-state index contributed by atoms with van der Waals surface area (Å²) in [6, 6.07) is 1.33. The van der Waals surface area contributed by atoms with Crippen molar-refractivity contribution in [3.8, 4) is 11.5 Å². The number of hydrogen-bond acceptors (Lipinski definition) is 4. The van der Waals surface area contributed by atoms with Crippen molar-refractivity contribution in [2.45, 2.75) is 13.0 Å². The van der Waals surface area contributed by atoms with E-state index in [-0.39, 0.29) is 11.5 Å². The van der Waals surface area contributed by atoms with Crippen molar-refractivity contribution < 1.29 is 19.0 Å². The lowest BCUT2D eigenvalue weighted by Gasteiger charge is -2.19. The highest BCUT2D eigenvalue weighted by molar-refractivity contribution is 5.52. The van der Waals surface area contributed by atoms with Gasteiger partial charge in [-0.05, 0) is 25.6 Å². The summed E-state index contributed by atoms with van der Waals surface area (Å²) in [7, 11) is 4.52. The van der Waals surface area contributed by atoms with Crippen molar-refractivity contribution in [3.05, 3.63) is 23.0 Å². The maximum atomic E-state index is 13.6. The number of nitrogens with one attached hydrogen (secondary N) is 1. The Morgan fingerprint density at radius 2 is 1.94 bits per heavy atom. The molecular formula is C12H18FNO3. The van der Waals surface area contributed by atoms with Crippen LogP contribution in [0.2, 0.25) is 0 Å². The zero-order valence-electron chi connectivity index (χ0n) is 10.5. The van der Waals surface area contributed by atoms with Crippen LogP contribution < -0.4 is 14.8 Å². The molecule has 0 spiro atoms. The molecule has 0 fully saturated rings. The number of aliphatic hydroxyl groups excluding tert-OH is 1. The van der Waals surface area contributed by atoms with Crippen molar-refractivity contribution in [3.63, 3.8) is 0 Å². The van der Waals surface area contributed by atoms with Crippen LogP contribution in [0.4, 0.5) is 4.39 Å². The third-order valence-electron chi connectivity index (χ3n) is 2.57. The molecule has 1 unspecified atom stereocenters. The highest BCUT2D eigenvalue weighted by Crippen LogP contribution is 2.39. The monoisotopic (exact) mass is 243 g/mol. The number of aryl methyl sites for hydroxylation is 1. The fourth-order valence-corrected chi connectivity index (χ4v) is 1.85. The highest BCUT2D eigenvalue weighted by Gasteiger charge is 2.22. The number of methoxy groups -OCH3 is 2. The van der Waals surface area contributed by atoms with E-state index in [0.717, 1.165) is 0 Å². The molecule has 0 aromatic heterocycles. The molecule has 0 bridgehead atoms. The van der Waals surface area contributed by atoms with Crippen LogP contribution in [-0.4, -0.2) is 32.9 Å². The van der Waals surface area contributed by atoms with Crippen LogP contribution in [0.25, 0.3) is 0 Å². The van der Waals surface area contributed by atoms with Gasteiger partial charge in [0.05, 0.1) is 20.3 Å². The SMILES string of the molecule is CNCC(O)c1c(C)cc(F)c(OC)c1OC. The zero-order valence-corrected chi connectivity index (χ0v) is 10.5. The Bertz CT molecular complexity index is 396. The molecular weight excluding hydrogens is 225 g/mol. The topological polar surface area (TPSA) is 50.7 Å². The smallest absolute Gasteiger partial charge is 0.197 e. The summed E-state index contributed by atoms with van der Waals surface area (Å²) in [5.74, 6) is -0.238. The maximum Gasteiger partial charge on any atom is 0.197 e. The van der Waals surface area contributed by atoms with Gasteiger partial charge < -0.3 is 19.9 Å². The Kier molecular flexibility index (Phi) is 4.72. The number of halogens is 1. The molecule has 0 heterocycles. The summed E-state index contributed by atoms with van der Waals surface area (Å²) >= 11 is 0. The molecule has 0 aliphatic carbocycles. The molecule has 1 aromatic rings. The first-order valence-corrected chi connectivity index (χ1v) is 5.30.